The molecule has 0 spiro atoms. The first kappa shape index (κ1) is 19.7. The fourth-order valence-electron chi connectivity index (χ4n) is 2.52. The Kier molecular flexibility index (Phi) is 7.35. The van der Waals surface area contributed by atoms with E-state index in [1.165, 1.54) is 10.9 Å². The van der Waals surface area contributed by atoms with E-state index < -0.39 is 5.97 Å². The van der Waals surface area contributed by atoms with E-state index in [2.05, 4.69) is 17.3 Å². The molecule has 1 aromatic heterocycles. The van der Waals surface area contributed by atoms with E-state index in [0.717, 1.165) is 25.1 Å². The van der Waals surface area contributed by atoms with Crippen LogP contribution in [0.4, 0.5) is 5.82 Å². The average Bonchev–Trinajstić information content (AvgIpc) is 3.04. The van der Waals surface area contributed by atoms with Gasteiger partial charge in [0.2, 0.25) is 5.91 Å². The van der Waals surface area contributed by atoms with Gasteiger partial charge in [-0.3, -0.25) is 9.69 Å². The van der Waals surface area contributed by atoms with Crippen molar-refractivity contribution < 1.29 is 14.3 Å². The summed E-state index contributed by atoms with van der Waals surface area (Å²) in [5.41, 5.74) is 0.984. The highest BCUT2D eigenvalue weighted by atomic mass is 16.5. The zero-order chi connectivity index (χ0) is 18.9. The van der Waals surface area contributed by atoms with Gasteiger partial charge < -0.3 is 10.1 Å². The number of esters is 1. The first-order chi connectivity index (χ1) is 12.6. The number of para-hydroxylation sites is 1. The molecule has 1 aromatic carbocycles. The van der Waals surface area contributed by atoms with Crippen LogP contribution < -0.4 is 5.32 Å². The number of aromatic nitrogens is 2. The van der Waals surface area contributed by atoms with E-state index >= 15 is 0 Å². The van der Waals surface area contributed by atoms with Gasteiger partial charge in [0, 0.05) is 0 Å². The van der Waals surface area contributed by atoms with Crippen LogP contribution in [0.2, 0.25) is 0 Å². The molecule has 0 bridgehead atoms. The highest BCUT2D eigenvalue weighted by Gasteiger charge is 2.21. The molecular weight excluding hydrogens is 332 g/mol. The van der Waals surface area contributed by atoms with Crippen molar-refractivity contribution in [3.8, 4) is 5.69 Å². The number of hydrogen-bond acceptors (Lipinski definition) is 5. The summed E-state index contributed by atoms with van der Waals surface area (Å²) in [5, 5.41) is 7.08. The van der Waals surface area contributed by atoms with Gasteiger partial charge in [-0.05, 0) is 39.1 Å². The van der Waals surface area contributed by atoms with Crippen molar-refractivity contribution in [3.63, 3.8) is 0 Å². The van der Waals surface area contributed by atoms with Gasteiger partial charge in [0.25, 0.3) is 0 Å². The number of hydrogen-bond donors (Lipinski definition) is 1. The summed E-state index contributed by atoms with van der Waals surface area (Å²) in [7, 11) is 1.90. The predicted octanol–water partition coefficient (Wildman–Crippen LogP) is 2.72. The fraction of sp³-hybridized carbons (Fsp3) is 0.421. The standard InChI is InChI=1S/C19H26N4O3/c1-4-6-12-22(3)14-17(24)21-18-16(19(25)26-5-2)13-20-23(18)15-10-8-7-9-11-15/h7-11,13H,4-6,12,14H2,1-3H3,(H,21,24). The van der Waals surface area contributed by atoms with Crippen LogP contribution in [0.25, 0.3) is 5.69 Å². The lowest BCUT2D eigenvalue weighted by Gasteiger charge is -2.16. The molecule has 7 nitrogen and oxygen atoms in total. The van der Waals surface area contributed by atoms with Gasteiger partial charge in [-0.1, -0.05) is 31.5 Å². The van der Waals surface area contributed by atoms with Gasteiger partial charge >= 0.3 is 5.97 Å². The Hall–Kier alpha value is -2.67. The van der Waals surface area contributed by atoms with E-state index in [1.807, 2.05) is 42.3 Å². The maximum atomic E-state index is 12.5. The summed E-state index contributed by atoms with van der Waals surface area (Å²) in [6.45, 7) is 5.18. The normalized spacial score (nSPS) is 10.8. The number of amides is 1. The SMILES string of the molecule is CCCCN(C)CC(=O)Nc1c(C(=O)OCC)cnn1-c1ccccc1. The number of carbonyl (C=O) groups is 2. The van der Waals surface area contributed by atoms with Crippen LogP contribution in [0.3, 0.4) is 0 Å². The highest BCUT2D eigenvalue weighted by molar-refractivity contribution is 6.01. The van der Waals surface area contributed by atoms with Crippen molar-refractivity contribution in [3.05, 3.63) is 42.1 Å². The lowest BCUT2D eigenvalue weighted by Crippen LogP contribution is -2.32. The summed E-state index contributed by atoms with van der Waals surface area (Å²) in [5.74, 6) is -0.389. The number of carbonyl (C=O) groups excluding carboxylic acids is 2. The third-order valence-corrected chi connectivity index (χ3v) is 3.83. The lowest BCUT2D eigenvalue weighted by molar-refractivity contribution is -0.117. The van der Waals surface area contributed by atoms with Crippen LogP contribution in [-0.4, -0.2) is 53.3 Å². The molecule has 0 atom stereocenters. The number of anilines is 1. The van der Waals surface area contributed by atoms with Crippen LogP contribution in [0, 0.1) is 0 Å². The number of nitrogens with one attached hydrogen (secondary N) is 1. The monoisotopic (exact) mass is 358 g/mol. The van der Waals surface area contributed by atoms with E-state index in [9.17, 15) is 9.59 Å². The summed E-state index contributed by atoms with van der Waals surface area (Å²) < 4.78 is 6.62. The largest absolute Gasteiger partial charge is 0.462 e. The second-order valence-electron chi connectivity index (χ2n) is 6.01. The molecule has 0 aliphatic rings. The summed E-state index contributed by atoms with van der Waals surface area (Å²) in [4.78, 5) is 26.6. The van der Waals surface area contributed by atoms with Crippen LogP contribution in [0.5, 0.6) is 0 Å². The Morgan fingerprint density at radius 3 is 2.62 bits per heavy atom. The number of unbranched alkanes of at least 4 members (excludes halogenated alkanes) is 1. The van der Waals surface area contributed by atoms with E-state index in [4.69, 9.17) is 4.74 Å². The molecule has 0 radical (unpaired) electrons. The Balaban J connectivity index is 2.24. The van der Waals surface area contributed by atoms with Crippen molar-refractivity contribution in [1.29, 1.82) is 0 Å². The van der Waals surface area contributed by atoms with Crippen molar-refractivity contribution in [1.82, 2.24) is 14.7 Å². The molecule has 0 fully saturated rings. The van der Waals surface area contributed by atoms with Crippen molar-refractivity contribution in [2.45, 2.75) is 26.7 Å². The molecule has 0 saturated heterocycles. The molecule has 26 heavy (non-hydrogen) atoms. The van der Waals surface area contributed by atoms with Crippen molar-refractivity contribution >= 4 is 17.7 Å². The molecule has 1 heterocycles. The molecular formula is C19H26N4O3. The van der Waals surface area contributed by atoms with Crippen molar-refractivity contribution in [2.24, 2.45) is 0 Å². The van der Waals surface area contributed by atoms with E-state index in [-0.39, 0.29) is 24.6 Å². The molecule has 0 aliphatic carbocycles. The Labute approximate surface area is 153 Å². The van der Waals surface area contributed by atoms with Crippen LogP contribution in [0.15, 0.2) is 36.5 Å². The first-order valence-corrected chi connectivity index (χ1v) is 8.85. The number of ether oxygens (including phenoxy) is 1. The maximum absolute atomic E-state index is 12.5. The van der Waals surface area contributed by atoms with Gasteiger partial charge in [0.05, 0.1) is 25.0 Å². The quantitative estimate of drug-likeness (QED) is 0.698. The Morgan fingerprint density at radius 1 is 1.23 bits per heavy atom. The maximum Gasteiger partial charge on any atom is 0.343 e. The van der Waals surface area contributed by atoms with Gasteiger partial charge in [0.1, 0.15) is 5.56 Å². The number of rotatable bonds is 9. The van der Waals surface area contributed by atoms with Crippen LogP contribution >= 0.6 is 0 Å². The lowest BCUT2D eigenvalue weighted by atomic mass is 10.3. The summed E-state index contributed by atoms with van der Waals surface area (Å²) in [6.07, 6.45) is 3.51. The van der Waals surface area contributed by atoms with Gasteiger partial charge in [-0.2, -0.15) is 5.10 Å². The average molecular weight is 358 g/mol. The fourth-order valence-corrected chi connectivity index (χ4v) is 2.52. The first-order valence-electron chi connectivity index (χ1n) is 8.85. The zero-order valence-electron chi connectivity index (χ0n) is 15.6. The molecule has 0 saturated carbocycles. The van der Waals surface area contributed by atoms with E-state index in [0.29, 0.717) is 5.82 Å². The predicted molar refractivity (Wildman–Crippen MR) is 101 cm³/mol. The Bertz CT molecular complexity index is 728. The molecule has 1 N–H and O–H groups in total. The third-order valence-electron chi connectivity index (χ3n) is 3.83. The topological polar surface area (TPSA) is 76.5 Å². The number of likely N-dealkylation sites (N-methyl/N-ethyl adjacent to an activating group) is 1. The van der Waals surface area contributed by atoms with Crippen LogP contribution in [0.1, 0.15) is 37.0 Å². The minimum absolute atomic E-state index is 0.202. The minimum atomic E-state index is -0.510. The van der Waals surface area contributed by atoms with Gasteiger partial charge in [0.15, 0.2) is 5.82 Å². The minimum Gasteiger partial charge on any atom is -0.462 e. The molecule has 0 aliphatic heterocycles. The third kappa shape index (κ3) is 5.16. The summed E-state index contributed by atoms with van der Waals surface area (Å²) in [6, 6.07) is 9.33. The number of nitrogens with zero attached hydrogens (tertiary/aromatic N) is 3. The molecule has 2 aromatic rings. The van der Waals surface area contributed by atoms with Gasteiger partial charge in [-0.25, -0.2) is 9.48 Å². The van der Waals surface area contributed by atoms with E-state index in [1.54, 1.807) is 6.92 Å². The molecule has 0 unspecified atom stereocenters. The number of benzene rings is 1. The van der Waals surface area contributed by atoms with Crippen LogP contribution in [-0.2, 0) is 9.53 Å². The Morgan fingerprint density at radius 2 is 1.96 bits per heavy atom. The zero-order valence-corrected chi connectivity index (χ0v) is 15.6. The smallest absolute Gasteiger partial charge is 0.343 e. The van der Waals surface area contributed by atoms with Gasteiger partial charge in [-0.15, -0.1) is 0 Å². The second-order valence-corrected chi connectivity index (χ2v) is 6.01. The molecule has 2 rings (SSSR count). The van der Waals surface area contributed by atoms with Crippen molar-refractivity contribution in [2.75, 3.05) is 32.1 Å². The molecule has 7 heteroatoms. The summed E-state index contributed by atoms with van der Waals surface area (Å²) >= 11 is 0. The molecule has 1 amide bonds. The highest BCUT2D eigenvalue weighted by Crippen LogP contribution is 2.21. The second kappa shape index (κ2) is 9.72. The molecule has 140 valence electrons.